The van der Waals surface area contributed by atoms with Gasteiger partial charge in [0.2, 0.25) is 10.0 Å². The maximum atomic E-state index is 12.9. The SMILES string of the molecule is O=S(=O)(Nc1ccc(S(=O)(=O)NC2CCCCC2)cc1)c1ccc(F)cc1. The Morgan fingerprint density at radius 2 is 1.26 bits per heavy atom. The van der Waals surface area contributed by atoms with Crippen LogP contribution >= 0.6 is 0 Å². The van der Waals surface area contributed by atoms with E-state index < -0.39 is 25.9 Å². The largest absolute Gasteiger partial charge is 0.280 e. The predicted molar refractivity (Wildman–Crippen MR) is 101 cm³/mol. The average molecular weight is 413 g/mol. The van der Waals surface area contributed by atoms with E-state index in [4.69, 9.17) is 0 Å². The van der Waals surface area contributed by atoms with Crippen LogP contribution in [0.4, 0.5) is 10.1 Å². The van der Waals surface area contributed by atoms with Crippen molar-refractivity contribution in [2.45, 2.75) is 47.9 Å². The Morgan fingerprint density at radius 1 is 0.741 bits per heavy atom. The maximum absolute atomic E-state index is 12.9. The third-order valence-corrected chi connectivity index (χ3v) is 7.40. The lowest BCUT2D eigenvalue weighted by Crippen LogP contribution is -2.36. The number of benzene rings is 2. The Kier molecular flexibility index (Phi) is 5.83. The van der Waals surface area contributed by atoms with Crippen molar-refractivity contribution in [2.24, 2.45) is 0 Å². The van der Waals surface area contributed by atoms with Gasteiger partial charge >= 0.3 is 0 Å². The summed E-state index contributed by atoms with van der Waals surface area (Å²) in [6.45, 7) is 0. The second kappa shape index (κ2) is 7.95. The van der Waals surface area contributed by atoms with E-state index in [-0.39, 0.29) is 21.5 Å². The fourth-order valence-corrected chi connectivity index (χ4v) is 5.40. The molecule has 1 aliphatic carbocycles. The van der Waals surface area contributed by atoms with Crippen molar-refractivity contribution < 1.29 is 21.2 Å². The van der Waals surface area contributed by atoms with Gasteiger partial charge in [0.25, 0.3) is 10.0 Å². The van der Waals surface area contributed by atoms with Crippen LogP contribution in [0, 0.1) is 5.82 Å². The van der Waals surface area contributed by atoms with Gasteiger partial charge in [-0.2, -0.15) is 0 Å². The van der Waals surface area contributed by atoms with Crippen molar-refractivity contribution in [3.8, 4) is 0 Å². The van der Waals surface area contributed by atoms with Gasteiger partial charge in [-0.15, -0.1) is 0 Å². The first-order valence-corrected chi connectivity index (χ1v) is 11.6. The minimum atomic E-state index is -3.88. The van der Waals surface area contributed by atoms with Crippen LogP contribution in [0.2, 0.25) is 0 Å². The van der Waals surface area contributed by atoms with Gasteiger partial charge in [0, 0.05) is 11.7 Å². The molecule has 0 aliphatic heterocycles. The summed E-state index contributed by atoms with van der Waals surface area (Å²) in [5.74, 6) is -0.533. The normalized spacial score (nSPS) is 16.2. The van der Waals surface area contributed by atoms with Crippen LogP contribution in [-0.4, -0.2) is 22.9 Å². The molecule has 9 heteroatoms. The Morgan fingerprint density at radius 3 is 1.85 bits per heavy atom. The van der Waals surface area contributed by atoms with E-state index in [0.717, 1.165) is 56.4 Å². The minimum absolute atomic E-state index is 0.0552. The Balaban J connectivity index is 1.72. The van der Waals surface area contributed by atoms with E-state index in [0.29, 0.717) is 0 Å². The summed E-state index contributed by atoms with van der Waals surface area (Å²) in [6.07, 6.45) is 4.80. The quantitative estimate of drug-likeness (QED) is 0.762. The van der Waals surface area contributed by atoms with Gasteiger partial charge in [-0.25, -0.2) is 25.9 Å². The van der Waals surface area contributed by atoms with Gasteiger partial charge in [0.15, 0.2) is 0 Å². The predicted octanol–water partition coefficient (Wildman–Crippen LogP) is 3.24. The van der Waals surface area contributed by atoms with Crippen molar-refractivity contribution >= 4 is 25.7 Å². The summed E-state index contributed by atoms with van der Waals surface area (Å²) in [6, 6.07) is 9.85. The van der Waals surface area contributed by atoms with Crippen LogP contribution < -0.4 is 9.44 Å². The highest BCUT2D eigenvalue weighted by atomic mass is 32.2. The number of hydrogen-bond donors (Lipinski definition) is 2. The van der Waals surface area contributed by atoms with E-state index in [1.54, 1.807) is 0 Å². The van der Waals surface area contributed by atoms with Gasteiger partial charge in [-0.05, 0) is 61.4 Å². The molecule has 2 N–H and O–H groups in total. The van der Waals surface area contributed by atoms with Gasteiger partial charge < -0.3 is 0 Å². The second-order valence-electron chi connectivity index (χ2n) is 6.54. The molecular weight excluding hydrogens is 391 g/mol. The molecule has 0 saturated heterocycles. The smallest absolute Gasteiger partial charge is 0.261 e. The van der Waals surface area contributed by atoms with E-state index in [1.165, 1.54) is 24.3 Å². The summed E-state index contributed by atoms with van der Waals surface area (Å²) in [4.78, 5) is -0.00244. The molecule has 27 heavy (non-hydrogen) atoms. The molecule has 0 aromatic heterocycles. The molecule has 1 aliphatic rings. The molecular formula is C18H21FN2O4S2. The molecule has 2 aromatic carbocycles. The van der Waals surface area contributed by atoms with Crippen LogP contribution in [0.1, 0.15) is 32.1 Å². The van der Waals surface area contributed by atoms with E-state index in [1.807, 2.05) is 0 Å². The molecule has 146 valence electrons. The fourth-order valence-electron chi connectivity index (χ4n) is 3.04. The van der Waals surface area contributed by atoms with Crippen molar-refractivity contribution in [2.75, 3.05) is 4.72 Å². The van der Waals surface area contributed by atoms with Gasteiger partial charge in [-0.3, -0.25) is 4.72 Å². The molecule has 6 nitrogen and oxygen atoms in total. The fraction of sp³-hybridized carbons (Fsp3) is 0.333. The molecule has 0 spiro atoms. The van der Waals surface area contributed by atoms with Gasteiger partial charge in [0.05, 0.1) is 9.79 Å². The number of anilines is 1. The van der Waals surface area contributed by atoms with E-state index >= 15 is 0 Å². The number of sulfonamides is 2. The summed E-state index contributed by atoms with van der Waals surface area (Å²) in [5.41, 5.74) is 0.218. The first kappa shape index (κ1) is 19.8. The Bertz CT molecular complexity index is 983. The van der Waals surface area contributed by atoms with Crippen molar-refractivity contribution in [1.29, 1.82) is 0 Å². The molecule has 0 unspecified atom stereocenters. The molecule has 0 radical (unpaired) electrons. The lowest BCUT2D eigenvalue weighted by molar-refractivity contribution is 0.412. The minimum Gasteiger partial charge on any atom is -0.280 e. The first-order valence-electron chi connectivity index (χ1n) is 8.67. The number of halogens is 1. The van der Waals surface area contributed by atoms with E-state index in [2.05, 4.69) is 9.44 Å². The molecule has 0 bridgehead atoms. The summed E-state index contributed by atoms with van der Waals surface area (Å²) < 4.78 is 67.5. The highest BCUT2D eigenvalue weighted by Gasteiger charge is 2.22. The standard InChI is InChI=1S/C18H21FN2O4S2/c19-14-6-10-17(11-7-14)26(22,23)21-16-8-12-18(13-9-16)27(24,25)20-15-4-2-1-3-5-15/h6-13,15,20-21H,1-5H2. The van der Waals surface area contributed by atoms with Gasteiger partial charge in [-0.1, -0.05) is 19.3 Å². The van der Waals surface area contributed by atoms with Crippen LogP contribution in [0.3, 0.4) is 0 Å². The van der Waals surface area contributed by atoms with Crippen molar-refractivity contribution in [3.05, 3.63) is 54.3 Å². The summed E-state index contributed by atoms with van der Waals surface area (Å²) >= 11 is 0. The van der Waals surface area contributed by atoms with Crippen LogP contribution in [0.25, 0.3) is 0 Å². The first-order chi connectivity index (χ1) is 12.8. The zero-order valence-corrected chi connectivity index (χ0v) is 16.2. The summed E-state index contributed by atoms with van der Waals surface area (Å²) in [7, 11) is -7.53. The van der Waals surface area contributed by atoms with Crippen LogP contribution in [-0.2, 0) is 20.0 Å². The highest BCUT2D eigenvalue weighted by molar-refractivity contribution is 7.92. The highest BCUT2D eigenvalue weighted by Crippen LogP contribution is 2.22. The van der Waals surface area contributed by atoms with Crippen molar-refractivity contribution in [1.82, 2.24) is 4.72 Å². The maximum Gasteiger partial charge on any atom is 0.261 e. The lowest BCUT2D eigenvalue weighted by Gasteiger charge is -2.22. The monoisotopic (exact) mass is 412 g/mol. The molecule has 0 atom stereocenters. The number of rotatable bonds is 6. The molecule has 0 heterocycles. The number of hydrogen-bond acceptors (Lipinski definition) is 4. The Hall–Kier alpha value is -1.97. The molecule has 3 rings (SSSR count). The average Bonchev–Trinajstić information content (AvgIpc) is 2.63. The third kappa shape index (κ3) is 5.06. The topological polar surface area (TPSA) is 92.3 Å². The second-order valence-corrected chi connectivity index (χ2v) is 9.94. The van der Waals surface area contributed by atoms with Crippen molar-refractivity contribution in [3.63, 3.8) is 0 Å². The molecule has 2 aromatic rings. The van der Waals surface area contributed by atoms with Crippen LogP contribution in [0.15, 0.2) is 58.3 Å². The Labute approximate surface area is 158 Å². The zero-order valence-electron chi connectivity index (χ0n) is 14.6. The number of nitrogens with one attached hydrogen (secondary N) is 2. The van der Waals surface area contributed by atoms with E-state index in [9.17, 15) is 21.2 Å². The molecule has 0 amide bonds. The zero-order chi connectivity index (χ0) is 19.5. The molecule has 1 fully saturated rings. The van der Waals surface area contributed by atoms with Crippen LogP contribution in [0.5, 0.6) is 0 Å². The molecule has 1 saturated carbocycles. The summed E-state index contributed by atoms with van der Waals surface area (Å²) in [5, 5.41) is 0. The van der Waals surface area contributed by atoms with Gasteiger partial charge in [0.1, 0.15) is 5.82 Å². The lowest BCUT2D eigenvalue weighted by atomic mass is 9.96. The third-order valence-electron chi connectivity index (χ3n) is 4.47.